The summed E-state index contributed by atoms with van der Waals surface area (Å²) in [5.74, 6) is -1.21. The Labute approximate surface area is 106 Å². The highest BCUT2D eigenvalue weighted by atomic mass is 79.9. The topological polar surface area (TPSA) is 83.6 Å². The van der Waals surface area contributed by atoms with E-state index in [2.05, 4.69) is 15.9 Å². The van der Waals surface area contributed by atoms with Crippen LogP contribution in [0.25, 0.3) is 0 Å². The second-order valence-corrected chi connectivity index (χ2v) is 4.76. The molecule has 0 spiro atoms. The number of carboxylic acid groups (broad SMARTS) is 1. The summed E-state index contributed by atoms with van der Waals surface area (Å²) in [5.41, 5.74) is 6.18. The average molecular weight is 299 g/mol. The largest absolute Gasteiger partial charge is 0.478 e. The predicted molar refractivity (Wildman–Crippen MR) is 66.0 cm³/mol. The van der Waals surface area contributed by atoms with Crippen molar-refractivity contribution in [1.29, 1.82) is 0 Å². The molecular formula is C11H11BrN2O3. The molecule has 1 saturated heterocycles. The number of nitrogens with zero attached hydrogens (tertiary/aromatic N) is 1. The average Bonchev–Trinajstić information content (AvgIpc) is 2.56. The summed E-state index contributed by atoms with van der Waals surface area (Å²) in [6, 6.07) is 4.71. The zero-order valence-electron chi connectivity index (χ0n) is 8.89. The monoisotopic (exact) mass is 298 g/mol. The third-order valence-electron chi connectivity index (χ3n) is 2.65. The molecule has 1 aliphatic heterocycles. The number of hydrogen-bond donors (Lipinski definition) is 2. The molecule has 1 aromatic rings. The van der Waals surface area contributed by atoms with E-state index in [1.54, 1.807) is 18.2 Å². The van der Waals surface area contributed by atoms with Crippen LogP contribution in [0.5, 0.6) is 0 Å². The molecule has 1 amide bonds. The Bertz CT molecular complexity index is 490. The molecule has 90 valence electrons. The highest BCUT2D eigenvalue weighted by molar-refractivity contribution is 9.10. The van der Waals surface area contributed by atoms with Crippen molar-refractivity contribution in [2.75, 3.05) is 11.4 Å². The van der Waals surface area contributed by atoms with Crippen molar-refractivity contribution in [2.24, 2.45) is 5.73 Å². The van der Waals surface area contributed by atoms with Crippen LogP contribution in [0.2, 0.25) is 0 Å². The van der Waals surface area contributed by atoms with Gasteiger partial charge in [0.1, 0.15) is 0 Å². The molecule has 1 atom stereocenters. The normalized spacial score (nSPS) is 19.8. The fraction of sp³-hybridized carbons (Fsp3) is 0.273. The Morgan fingerprint density at radius 3 is 2.76 bits per heavy atom. The van der Waals surface area contributed by atoms with E-state index in [0.717, 1.165) is 0 Å². The zero-order chi connectivity index (χ0) is 12.6. The van der Waals surface area contributed by atoms with Crippen molar-refractivity contribution in [3.63, 3.8) is 0 Å². The van der Waals surface area contributed by atoms with E-state index in [0.29, 0.717) is 16.7 Å². The maximum absolute atomic E-state index is 11.7. The van der Waals surface area contributed by atoms with Gasteiger partial charge in [-0.05, 0) is 28.1 Å². The van der Waals surface area contributed by atoms with Crippen molar-refractivity contribution in [3.8, 4) is 0 Å². The molecule has 1 aliphatic rings. The highest BCUT2D eigenvalue weighted by Crippen LogP contribution is 2.30. The molecule has 1 unspecified atom stereocenters. The lowest BCUT2D eigenvalue weighted by molar-refractivity contribution is -0.117. The molecule has 0 saturated carbocycles. The van der Waals surface area contributed by atoms with Gasteiger partial charge in [0.05, 0.1) is 11.3 Å². The van der Waals surface area contributed by atoms with Gasteiger partial charge in [-0.1, -0.05) is 6.07 Å². The Kier molecular flexibility index (Phi) is 3.17. The summed E-state index contributed by atoms with van der Waals surface area (Å²) in [5, 5.41) is 9.16. The summed E-state index contributed by atoms with van der Waals surface area (Å²) < 4.78 is 0.454. The van der Waals surface area contributed by atoms with Gasteiger partial charge in [-0.2, -0.15) is 0 Å². The van der Waals surface area contributed by atoms with Crippen molar-refractivity contribution in [3.05, 3.63) is 28.2 Å². The first kappa shape index (κ1) is 12.1. The lowest BCUT2D eigenvalue weighted by Crippen LogP contribution is -2.29. The van der Waals surface area contributed by atoms with Crippen LogP contribution in [0, 0.1) is 0 Å². The van der Waals surface area contributed by atoms with E-state index in [-0.39, 0.29) is 23.9 Å². The van der Waals surface area contributed by atoms with E-state index < -0.39 is 5.97 Å². The maximum Gasteiger partial charge on any atom is 0.338 e. The summed E-state index contributed by atoms with van der Waals surface area (Å²) in [7, 11) is 0. The number of carbonyl (C=O) groups excluding carboxylic acids is 1. The van der Waals surface area contributed by atoms with Crippen molar-refractivity contribution < 1.29 is 14.7 Å². The Hall–Kier alpha value is -1.40. The standard InChI is InChI=1S/C11H11BrN2O3/c12-7-2-1-3-8(10(7)11(16)17)14-5-6(13)4-9(14)15/h1-3,6H,4-5,13H2,(H,16,17). The predicted octanol–water partition coefficient (Wildman–Crippen LogP) is 1.21. The van der Waals surface area contributed by atoms with Gasteiger partial charge in [-0.25, -0.2) is 4.79 Å². The third-order valence-corrected chi connectivity index (χ3v) is 3.31. The minimum absolute atomic E-state index is 0.0925. The fourth-order valence-corrected chi connectivity index (χ4v) is 2.44. The number of aromatic carboxylic acids is 1. The Morgan fingerprint density at radius 1 is 1.53 bits per heavy atom. The first-order valence-electron chi connectivity index (χ1n) is 5.08. The molecular weight excluding hydrogens is 288 g/mol. The zero-order valence-corrected chi connectivity index (χ0v) is 10.5. The van der Waals surface area contributed by atoms with E-state index in [9.17, 15) is 9.59 Å². The van der Waals surface area contributed by atoms with Crippen LogP contribution in [-0.4, -0.2) is 29.6 Å². The van der Waals surface area contributed by atoms with Crippen LogP contribution >= 0.6 is 15.9 Å². The first-order chi connectivity index (χ1) is 8.00. The number of carbonyl (C=O) groups is 2. The summed E-state index contributed by atoms with van der Waals surface area (Å²) in [6.45, 7) is 0.357. The molecule has 6 heteroatoms. The van der Waals surface area contributed by atoms with Crippen LogP contribution in [-0.2, 0) is 4.79 Å². The first-order valence-corrected chi connectivity index (χ1v) is 5.87. The molecule has 2 rings (SSSR count). The highest BCUT2D eigenvalue weighted by Gasteiger charge is 2.31. The summed E-state index contributed by atoms with van der Waals surface area (Å²) in [4.78, 5) is 24.3. The number of rotatable bonds is 2. The second-order valence-electron chi connectivity index (χ2n) is 3.91. The van der Waals surface area contributed by atoms with Crippen LogP contribution in [0.4, 0.5) is 5.69 Å². The maximum atomic E-state index is 11.7. The van der Waals surface area contributed by atoms with E-state index in [1.165, 1.54) is 4.90 Å². The summed E-state index contributed by atoms with van der Waals surface area (Å²) >= 11 is 3.18. The van der Waals surface area contributed by atoms with Crippen LogP contribution in [0.15, 0.2) is 22.7 Å². The quantitative estimate of drug-likeness (QED) is 0.860. The molecule has 1 aromatic carbocycles. The van der Waals surface area contributed by atoms with Gasteiger partial charge in [0.2, 0.25) is 5.91 Å². The number of halogens is 1. The van der Waals surface area contributed by atoms with Crippen LogP contribution in [0.3, 0.4) is 0 Å². The summed E-state index contributed by atoms with van der Waals surface area (Å²) in [6.07, 6.45) is 0.256. The van der Waals surface area contributed by atoms with Crippen LogP contribution in [0.1, 0.15) is 16.8 Å². The molecule has 17 heavy (non-hydrogen) atoms. The number of amides is 1. The number of anilines is 1. The lowest BCUT2D eigenvalue weighted by Gasteiger charge is -2.19. The number of hydrogen-bond acceptors (Lipinski definition) is 3. The van der Waals surface area contributed by atoms with Crippen molar-refractivity contribution in [2.45, 2.75) is 12.5 Å². The SMILES string of the molecule is NC1CC(=O)N(c2cccc(Br)c2C(=O)O)C1. The number of benzene rings is 1. The molecule has 0 aromatic heterocycles. The van der Waals surface area contributed by atoms with E-state index in [1.807, 2.05) is 0 Å². The van der Waals surface area contributed by atoms with Gasteiger partial charge in [0.15, 0.2) is 0 Å². The molecule has 5 nitrogen and oxygen atoms in total. The van der Waals surface area contributed by atoms with Gasteiger partial charge >= 0.3 is 5.97 Å². The smallest absolute Gasteiger partial charge is 0.338 e. The van der Waals surface area contributed by atoms with E-state index >= 15 is 0 Å². The lowest BCUT2D eigenvalue weighted by atomic mass is 10.1. The number of nitrogens with two attached hydrogens (primary N) is 1. The van der Waals surface area contributed by atoms with Gasteiger partial charge < -0.3 is 15.7 Å². The molecule has 3 N–H and O–H groups in total. The number of carboxylic acids is 1. The molecule has 0 radical (unpaired) electrons. The minimum atomic E-state index is -1.07. The van der Waals surface area contributed by atoms with Gasteiger partial charge in [-0.3, -0.25) is 4.79 Å². The molecule has 1 heterocycles. The third kappa shape index (κ3) is 2.18. The van der Waals surface area contributed by atoms with Crippen molar-refractivity contribution in [1.82, 2.24) is 0 Å². The molecule has 0 aliphatic carbocycles. The minimum Gasteiger partial charge on any atom is -0.478 e. The Morgan fingerprint density at radius 2 is 2.24 bits per heavy atom. The second kappa shape index (κ2) is 4.46. The molecule has 1 fully saturated rings. The van der Waals surface area contributed by atoms with Crippen LogP contribution < -0.4 is 10.6 Å². The molecule has 0 bridgehead atoms. The fourth-order valence-electron chi connectivity index (χ4n) is 1.92. The van der Waals surface area contributed by atoms with Gasteiger partial charge in [-0.15, -0.1) is 0 Å². The van der Waals surface area contributed by atoms with E-state index in [4.69, 9.17) is 10.8 Å². The van der Waals surface area contributed by atoms with Crippen molar-refractivity contribution >= 4 is 33.5 Å². The van der Waals surface area contributed by atoms with Gasteiger partial charge in [0, 0.05) is 23.5 Å². The Balaban J connectivity index is 2.49. The van der Waals surface area contributed by atoms with Gasteiger partial charge in [0.25, 0.3) is 0 Å².